The summed E-state index contributed by atoms with van der Waals surface area (Å²) in [5, 5.41) is 7.19. The molecule has 4 aromatic carbocycles. The van der Waals surface area contributed by atoms with Crippen LogP contribution in [-0.2, 0) is 19.0 Å². The molecule has 0 heterocycles. The Morgan fingerprint density at radius 1 is 0.718 bits per heavy atom. The molecule has 0 unspecified atom stereocenters. The molecule has 0 bridgehead atoms. The molecule has 0 aliphatic heterocycles. The lowest BCUT2D eigenvalue weighted by Gasteiger charge is -2.20. The van der Waals surface area contributed by atoms with Crippen molar-refractivity contribution in [2.75, 3.05) is 5.32 Å². The lowest BCUT2D eigenvalue weighted by atomic mass is 9.84. The van der Waals surface area contributed by atoms with Crippen LogP contribution in [0.5, 0.6) is 0 Å². The Morgan fingerprint density at radius 3 is 2.23 bits per heavy atom. The molecule has 1 amide bonds. The van der Waals surface area contributed by atoms with Gasteiger partial charge in [-0.15, -0.1) is 0 Å². The molecule has 0 saturated carbocycles. The maximum Gasteiger partial charge on any atom is 0.417 e. The molecule has 4 aromatic rings. The number of alkyl halides is 3. The Balaban J connectivity index is 1.31. The maximum atomic E-state index is 13.6. The third-order valence-electron chi connectivity index (χ3n) is 7.54. The summed E-state index contributed by atoms with van der Waals surface area (Å²) in [7, 11) is 0. The summed E-state index contributed by atoms with van der Waals surface area (Å²) in [6.45, 7) is 0. The highest BCUT2D eigenvalue weighted by atomic mass is 19.4. The number of anilines is 1. The van der Waals surface area contributed by atoms with Gasteiger partial charge in [0.05, 0.1) is 11.1 Å². The fourth-order valence-electron chi connectivity index (χ4n) is 5.70. The molecule has 1 N–H and O–H groups in total. The smallest absolute Gasteiger partial charge is 0.322 e. The third kappa shape index (κ3) is 4.56. The molecular weight excluding hydrogens is 499 g/mol. The van der Waals surface area contributed by atoms with Gasteiger partial charge in [-0.05, 0) is 94.1 Å². The molecule has 3 nitrogen and oxygen atoms in total. The largest absolute Gasteiger partial charge is 0.417 e. The second-order valence-electron chi connectivity index (χ2n) is 9.85. The first-order chi connectivity index (χ1) is 18.8. The van der Waals surface area contributed by atoms with Crippen LogP contribution in [0.2, 0.25) is 0 Å². The monoisotopic (exact) mass is 523 g/mol. The number of carbonyl (C=O) groups excluding carboxylic acids is 2. The first kappa shape index (κ1) is 24.9. The summed E-state index contributed by atoms with van der Waals surface area (Å²) < 4.78 is 39.9. The van der Waals surface area contributed by atoms with E-state index in [9.17, 15) is 22.8 Å². The van der Waals surface area contributed by atoms with Gasteiger partial charge >= 0.3 is 6.18 Å². The highest BCUT2D eigenvalue weighted by Crippen LogP contribution is 2.32. The zero-order valence-corrected chi connectivity index (χ0v) is 20.9. The fourth-order valence-corrected chi connectivity index (χ4v) is 5.70. The zero-order valence-electron chi connectivity index (χ0n) is 20.9. The normalized spacial score (nSPS) is 14.0. The minimum absolute atomic E-state index is 0.0728. The van der Waals surface area contributed by atoms with Crippen molar-refractivity contribution in [1.82, 2.24) is 0 Å². The highest BCUT2D eigenvalue weighted by molar-refractivity contribution is 6.24. The summed E-state index contributed by atoms with van der Waals surface area (Å²) in [5.74, 6) is -0.933. The van der Waals surface area contributed by atoms with Gasteiger partial charge in [0.1, 0.15) is 0 Å². The number of carbonyl (C=O) groups is 2. The Hall–Kier alpha value is -4.45. The number of halogens is 3. The topological polar surface area (TPSA) is 46.2 Å². The van der Waals surface area contributed by atoms with E-state index in [1.54, 1.807) is 24.3 Å². The zero-order chi connectivity index (χ0) is 27.1. The Kier molecular flexibility index (Phi) is 6.18. The Labute approximate surface area is 222 Å². The average Bonchev–Trinajstić information content (AvgIpc) is 2.96. The van der Waals surface area contributed by atoms with E-state index in [1.807, 2.05) is 12.1 Å². The molecule has 39 heavy (non-hydrogen) atoms. The van der Waals surface area contributed by atoms with Crippen molar-refractivity contribution in [3.05, 3.63) is 134 Å². The van der Waals surface area contributed by atoms with E-state index in [2.05, 4.69) is 35.7 Å². The van der Waals surface area contributed by atoms with Crippen LogP contribution in [0.1, 0.15) is 50.2 Å². The molecule has 0 spiro atoms. The summed E-state index contributed by atoms with van der Waals surface area (Å²) in [6, 6.07) is 23.5. The predicted molar refractivity (Wildman–Crippen MR) is 144 cm³/mol. The average molecular weight is 524 g/mol. The second-order valence-corrected chi connectivity index (χ2v) is 9.85. The van der Waals surface area contributed by atoms with Gasteiger partial charge in [0, 0.05) is 16.8 Å². The standard InChI is InChI=1S/C33H24F3NO2/c34-33(35,36)30-11-4-3-8-29(30)32(39)37-22-15-12-21(13-16-22)31(38)28-10-5-9-24-26-17-14-20-6-1-2-7-23(20)25(26)18-19-27(24)28/h1-4,6-8,11-16,18-19H,5,9-10,17H2,(H,37,39). The lowest BCUT2D eigenvalue weighted by Crippen LogP contribution is -2.25. The maximum absolute atomic E-state index is 13.6. The predicted octanol–water partition coefficient (Wildman–Crippen LogP) is 5.95. The third-order valence-corrected chi connectivity index (χ3v) is 7.54. The van der Waals surface area contributed by atoms with Crippen molar-refractivity contribution < 1.29 is 22.8 Å². The highest BCUT2D eigenvalue weighted by Gasteiger charge is 2.34. The first-order valence-corrected chi connectivity index (χ1v) is 12.9. The van der Waals surface area contributed by atoms with Crippen LogP contribution >= 0.6 is 0 Å². The van der Waals surface area contributed by atoms with E-state index in [0.29, 0.717) is 17.7 Å². The summed E-state index contributed by atoms with van der Waals surface area (Å²) in [5.41, 5.74) is 2.63. The van der Waals surface area contributed by atoms with E-state index in [-0.39, 0.29) is 5.78 Å². The van der Waals surface area contributed by atoms with Gasteiger partial charge in [-0.1, -0.05) is 54.6 Å². The molecule has 2 aliphatic carbocycles. The summed E-state index contributed by atoms with van der Waals surface area (Å²) in [6.07, 6.45) is 0.932. The van der Waals surface area contributed by atoms with E-state index >= 15 is 0 Å². The quantitative estimate of drug-likeness (QED) is 0.336. The SMILES string of the molecule is O=C(C1=c2ccc3c(c2CCC1)CC=c1ccccc1=3)c1ccc(NC(=O)c2ccccc2C(F)(F)F)cc1. The minimum Gasteiger partial charge on any atom is -0.322 e. The number of hydrogen-bond acceptors (Lipinski definition) is 2. The number of nitrogens with one attached hydrogen (secondary N) is 1. The molecule has 0 atom stereocenters. The molecule has 194 valence electrons. The molecule has 0 radical (unpaired) electrons. The molecular formula is C33H24F3NO2. The van der Waals surface area contributed by atoms with E-state index in [0.717, 1.165) is 42.2 Å². The van der Waals surface area contributed by atoms with Crippen LogP contribution in [0.3, 0.4) is 0 Å². The van der Waals surface area contributed by atoms with Crippen molar-refractivity contribution in [2.24, 2.45) is 0 Å². The molecule has 6 rings (SSSR count). The molecule has 0 saturated heterocycles. The van der Waals surface area contributed by atoms with Crippen LogP contribution in [-0.4, -0.2) is 11.7 Å². The van der Waals surface area contributed by atoms with E-state index < -0.39 is 23.2 Å². The second kappa shape index (κ2) is 9.70. The van der Waals surface area contributed by atoms with Crippen molar-refractivity contribution in [3.63, 3.8) is 0 Å². The molecule has 6 heteroatoms. The van der Waals surface area contributed by atoms with Crippen molar-refractivity contribution in [1.29, 1.82) is 0 Å². The lowest BCUT2D eigenvalue weighted by molar-refractivity contribution is -0.137. The van der Waals surface area contributed by atoms with Gasteiger partial charge < -0.3 is 5.32 Å². The Morgan fingerprint density at radius 2 is 1.44 bits per heavy atom. The number of benzene rings is 4. The molecule has 0 fully saturated rings. The minimum atomic E-state index is -4.64. The first-order valence-electron chi connectivity index (χ1n) is 12.9. The molecule has 2 aliphatic rings. The van der Waals surface area contributed by atoms with Crippen molar-refractivity contribution in [3.8, 4) is 0 Å². The van der Waals surface area contributed by atoms with Crippen molar-refractivity contribution in [2.45, 2.75) is 31.9 Å². The number of fused-ring (bicyclic) bond motifs is 4. The number of ketones is 1. The Bertz CT molecular complexity index is 1860. The van der Waals surface area contributed by atoms with Crippen LogP contribution in [0.15, 0.2) is 84.9 Å². The summed E-state index contributed by atoms with van der Waals surface area (Å²) >= 11 is 0. The van der Waals surface area contributed by atoms with E-state index in [1.165, 1.54) is 38.9 Å². The van der Waals surface area contributed by atoms with Crippen LogP contribution in [0.25, 0.3) is 11.6 Å². The van der Waals surface area contributed by atoms with Gasteiger partial charge in [-0.25, -0.2) is 0 Å². The van der Waals surface area contributed by atoms with Gasteiger partial charge in [0.25, 0.3) is 5.91 Å². The van der Waals surface area contributed by atoms with E-state index in [4.69, 9.17) is 0 Å². The van der Waals surface area contributed by atoms with Crippen LogP contribution in [0.4, 0.5) is 18.9 Å². The number of hydrogen-bond donors (Lipinski definition) is 1. The van der Waals surface area contributed by atoms with Gasteiger partial charge in [-0.3, -0.25) is 9.59 Å². The fraction of sp³-hybridized carbons (Fsp3) is 0.152. The summed E-state index contributed by atoms with van der Waals surface area (Å²) in [4.78, 5) is 26.2. The van der Waals surface area contributed by atoms with Crippen molar-refractivity contribution >= 4 is 29.0 Å². The molecule has 0 aromatic heterocycles. The van der Waals surface area contributed by atoms with Gasteiger partial charge in [0.15, 0.2) is 5.78 Å². The van der Waals surface area contributed by atoms with Gasteiger partial charge in [-0.2, -0.15) is 13.2 Å². The van der Waals surface area contributed by atoms with Gasteiger partial charge in [0.2, 0.25) is 0 Å². The number of rotatable bonds is 4. The van der Waals surface area contributed by atoms with Crippen LogP contribution in [0, 0.1) is 10.4 Å². The number of Topliss-reactive ketones (excluding diaryl/α,β-unsaturated/α-hetero) is 1. The number of amides is 1. The van der Waals surface area contributed by atoms with Crippen LogP contribution < -0.4 is 15.8 Å².